The van der Waals surface area contributed by atoms with E-state index in [9.17, 15) is 9.59 Å². The largest absolute Gasteiger partial charge is 0.469 e. The molecule has 1 atom stereocenters. The molecule has 1 heterocycles. The summed E-state index contributed by atoms with van der Waals surface area (Å²) >= 11 is 0. The molecule has 0 N–H and O–H groups in total. The van der Waals surface area contributed by atoms with Gasteiger partial charge in [-0.15, -0.1) is 0 Å². The fourth-order valence-electron chi connectivity index (χ4n) is 3.62. The second-order valence-electron chi connectivity index (χ2n) is 6.77. The first kappa shape index (κ1) is 16.5. The Morgan fingerprint density at radius 2 is 1.91 bits per heavy atom. The monoisotopic (exact) mass is 303 g/mol. The van der Waals surface area contributed by atoms with Crippen LogP contribution in [0, 0.1) is 25.2 Å². The average Bonchev–Trinajstić information content (AvgIpc) is 2.75. The van der Waals surface area contributed by atoms with Crippen molar-refractivity contribution in [3.05, 3.63) is 29.3 Å². The third-order valence-electron chi connectivity index (χ3n) is 4.38. The molecule has 0 radical (unpaired) electrons. The Bertz CT molecular complexity index is 574. The number of carbonyl (C=O) groups excluding carboxylic acids is 2. The average molecular weight is 303 g/mol. The molecule has 0 aliphatic carbocycles. The van der Waals surface area contributed by atoms with E-state index in [2.05, 4.69) is 13.8 Å². The van der Waals surface area contributed by atoms with Gasteiger partial charge in [0.2, 0.25) is 5.91 Å². The lowest BCUT2D eigenvalue weighted by Crippen LogP contribution is -2.37. The van der Waals surface area contributed by atoms with Gasteiger partial charge in [0.15, 0.2) is 0 Å². The van der Waals surface area contributed by atoms with Crippen LogP contribution in [-0.4, -0.2) is 25.5 Å². The Kier molecular flexibility index (Phi) is 4.59. The van der Waals surface area contributed by atoms with Gasteiger partial charge in [-0.25, -0.2) is 0 Å². The number of nitrogens with zero attached hydrogens (tertiary/aromatic N) is 1. The van der Waals surface area contributed by atoms with Crippen LogP contribution in [0.4, 0.5) is 5.69 Å². The number of amides is 1. The highest BCUT2D eigenvalue weighted by Gasteiger charge is 2.50. The molecule has 4 heteroatoms. The Hall–Kier alpha value is -1.84. The number of carbonyl (C=O) groups is 2. The molecule has 0 spiro atoms. The van der Waals surface area contributed by atoms with Crippen LogP contribution >= 0.6 is 0 Å². The van der Waals surface area contributed by atoms with Gasteiger partial charge in [-0.1, -0.05) is 32.0 Å². The van der Waals surface area contributed by atoms with Crippen LogP contribution in [0.5, 0.6) is 0 Å². The normalized spacial score (nSPS) is 21.5. The molecule has 1 aromatic carbocycles. The fourth-order valence-corrected chi connectivity index (χ4v) is 3.62. The maximum absolute atomic E-state index is 12.6. The number of para-hydroxylation sites is 1. The molecule has 1 unspecified atom stereocenters. The zero-order valence-corrected chi connectivity index (χ0v) is 14.1. The molecule has 22 heavy (non-hydrogen) atoms. The van der Waals surface area contributed by atoms with E-state index in [1.807, 2.05) is 32.0 Å². The lowest BCUT2D eigenvalue weighted by Gasteiger charge is -2.28. The molecule has 1 aromatic rings. The van der Waals surface area contributed by atoms with E-state index in [1.54, 1.807) is 4.90 Å². The van der Waals surface area contributed by atoms with Gasteiger partial charge in [0.25, 0.3) is 0 Å². The van der Waals surface area contributed by atoms with Crippen molar-refractivity contribution in [2.24, 2.45) is 11.3 Å². The molecule has 1 aliphatic heterocycles. The number of rotatable bonds is 4. The topological polar surface area (TPSA) is 46.6 Å². The highest BCUT2D eigenvalue weighted by molar-refractivity contribution is 6.02. The molecule has 0 bridgehead atoms. The number of hydrogen-bond donors (Lipinski definition) is 0. The molecule has 0 aromatic heterocycles. The number of anilines is 1. The van der Waals surface area contributed by atoms with Crippen LogP contribution in [0.3, 0.4) is 0 Å². The molecule has 1 aliphatic rings. The van der Waals surface area contributed by atoms with Gasteiger partial charge in [0, 0.05) is 18.7 Å². The van der Waals surface area contributed by atoms with Crippen molar-refractivity contribution in [3.8, 4) is 0 Å². The van der Waals surface area contributed by atoms with Gasteiger partial charge >= 0.3 is 5.97 Å². The molecular formula is C18H25NO3. The van der Waals surface area contributed by atoms with E-state index in [-0.39, 0.29) is 18.3 Å². The number of benzene rings is 1. The number of ether oxygens (including phenoxy) is 1. The number of esters is 1. The van der Waals surface area contributed by atoms with E-state index in [0.717, 1.165) is 16.8 Å². The summed E-state index contributed by atoms with van der Waals surface area (Å²) in [5.74, 6) is 0.0524. The molecule has 4 nitrogen and oxygen atoms in total. The molecule has 1 amide bonds. The van der Waals surface area contributed by atoms with Gasteiger partial charge in [0.05, 0.1) is 12.5 Å². The molecule has 120 valence electrons. The Balaban J connectivity index is 2.41. The van der Waals surface area contributed by atoms with Crippen molar-refractivity contribution in [3.63, 3.8) is 0 Å². The first-order valence-electron chi connectivity index (χ1n) is 7.76. The third kappa shape index (κ3) is 2.87. The van der Waals surface area contributed by atoms with Crippen LogP contribution in [0.2, 0.25) is 0 Å². The van der Waals surface area contributed by atoms with Crippen LogP contribution < -0.4 is 4.90 Å². The first-order valence-corrected chi connectivity index (χ1v) is 7.76. The second-order valence-corrected chi connectivity index (χ2v) is 6.77. The summed E-state index contributed by atoms with van der Waals surface area (Å²) in [4.78, 5) is 26.7. The van der Waals surface area contributed by atoms with E-state index in [1.165, 1.54) is 7.11 Å². The SMILES string of the molecule is COC(=O)C1(CC(C)C)CC(=O)N(c2c(C)cccc2C)C1. The smallest absolute Gasteiger partial charge is 0.314 e. The lowest BCUT2D eigenvalue weighted by atomic mass is 9.79. The third-order valence-corrected chi connectivity index (χ3v) is 4.38. The fraction of sp³-hybridized carbons (Fsp3) is 0.556. The van der Waals surface area contributed by atoms with E-state index in [0.29, 0.717) is 18.9 Å². The minimum atomic E-state index is -0.727. The number of aryl methyl sites for hydroxylation is 2. The highest BCUT2D eigenvalue weighted by Crippen LogP contribution is 2.42. The van der Waals surface area contributed by atoms with Crippen molar-refractivity contribution in [2.45, 2.75) is 40.5 Å². The van der Waals surface area contributed by atoms with Gasteiger partial charge < -0.3 is 9.64 Å². The van der Waals surface area contributed by atoms with E-state index >= 15 is 0 Å². The predicted octanol–water partition coefficient (Wildman–Crippen LogP) is 3.25. The molecular weight excluding hydrogens is 278 g/mol. The van der Waals surface area contributed by atoms with Gasteiger partial charge in [-0.3, -0.25) is 9.59 Å². The molecule has 0 saturated carbocycles. The summed E-state index contributed by atoms with van der Waals surface area (Å²) in [7, 11) is 1.40. The van der Waals surface area contributed by atoms with Crippen molar-refractivity contribution >= 4 is 17.6 Å². The van der Waals surface area contributed by atoms with Crippen LogP contribution in [0.15, 0.2) is 18.2 Å². The Morgan fingerprint density at radius 1 is 1.32 bits per heavy atom. The summed E-state index contributed by atoms with van der Waals surface area (Å²) in [6.07, 6.45) is 0.887. The summed E-state index contributed by atoms with van der Waals surface area (Å²) < 4.78 is 5.01. The highest BCUT2D eigenvalue weighted by atomic mass is 16.5. The van der Waals surface area contributed by atoms with E-state index in [4.69, 9.17) is 4.74 Å². The van der Waals surface area contributed by atoms with Crippen molar-refractivity contribution in [1.29, 1.82) is 0 Å². The quantitative estimate of drug-likeness (QED) is 0.802. The Morgan fingerprint density at radius 3 is 2.41 bits per heavy atom. The molecule has 2 rings (SSSR count). The minimum Gasteiger partial charge on any atom is -0.469 e. The summed E-state index contributed by atoms with van der Waals surface area (Å²) in [6, 6.07) is 5.97. The van der Waals surface area contributed by atoms with Gasteiger partial charge in [-0.05, 0) is 37.3 Å². The summed E-state index contributed by atoms with van der Waals surface area (Å²) in [5, 5.41) is 0. The van der Waals surface area contributed by atoms with Crippen LogP contribution in [0.25, 0.3) is 0 Å². The zero-order valence-electron chi connectivity index (χ0n) is 14.1. The summed E-state index contributed by atoms with van der Waals surface area (Å²) in [5.41, 5.74) is 2.31. The van der Waals surface area contributed by atoms with Crippen molar-refractivity contribution < 1.29 is 14.3 Å². The van der Waals surface area contributed by atoms with Crippen molar-refractivity contribution in [2.75, 3.05) is 18.6 Å². The minimum absolute atomic E-state index is 0.00319. The van der Waals surface area contributed by atoms with E-state index < -0.39 is 5.41 Å². The van der Waals surface area contributed by atoms with Crippen LogP contribution in [-0.2, 0) is 14.3 Å². The predicted molar refractivity (Wildman–Crippen MR) is 86.8 cm³/mol. The summed E-state index contributed by atoms with van der Waals surface area (Å²) in [6.45, 7) is 8.53. The Labute approximate surface area is 132 Å². The first-order chi connectivity index (χ1) is 10.3. The number of hydrogen-bond acceptors (Lipinski definition) is 3. The number of methoxy groups -OCH3 is 1. The van der Waals surface area contributed by atoms with Crippen molar-refractivity contribution in [1.82, 2.24) is 0 Å². The molecule has 1 saturated heterocycles. The second kappa shape index (κ2) is 6.11. The van der Waals surface area contributed by atoms with Gasteiger partial charge in [0.1, 0.15) is 0 Å². The maximum atomic E-state index is 12.6. The molecule has 1 fully saturated rings. The van der Waals surface area contributed by atoms with Crippen LogP contribution in [0.1, 0.15) is 37.8 Å². The maximum Gasteiger partial charge on any atom is 0.314 e. The lowest BCUT2D eigenvalue weighted by molar-refractivity contribution is -0.153. The zero-order chi connectivity index (χ0) is 16.5. The van der Waals surface area contributed by atoms with Gasteiger partial charge in [-0.2, -0.15) is 0 Å². The standard InChI is InChI=1S/C18H25NO3/c1-12(2)9-18(17(21)22-5)10-15(20)19(11-18)16-13(3)7-6-8-14(16)4/h6-8,12H,9-11H2,1-5H3.